The molecule has 4 rings (SSSR count). The van der Waals surface area contributed by atoms with Crippen LogP contribution in [0, 0.1) is 6.92 Å². The van der Waals surface area contributed by atoms with Crippen molar-refractivity contribution >= 4 is 28.6 Å². The van der Waals surface area contributed by atoms with E-state index in [1.165, 1.54) is 4.90 Å². The number of ether oxygens (including phenoxy) is 2. The van der Waals surface area contributed by atoms with Gasteiger partial charge in [0, 0.05) is 25.7 Å². The smallest absolute Gasteiger partial charge is 0.327 e. The van der Waals surface area contributed by atoms with Crippen LogP contribution in [0.25, 0.3) is 11.2 Å². The molecule has 168 valence electrons. The molecule has 0 aliphatic carbocycles. The SMILES string of the molecule is Cc1nc2nc(Oc3cccc(C(=O)N(C)C)c3)nc(Oc3ccc(C(N)=[NH2+])c(N)c3)c2[nH]1. The van der Waals surface area contributed by atoms with E-state index in [-0.39, 0.29) is 23.6 Å². The summed E-state index contributed by atoms with van der Waals surface area (Å²) in [6, 6.07) is 11.6. The third kappa shape index (κ3) is 4.51. The molecule has 2 heterocycles. The van der Waals surface area contributed by atoms with Crippen molar-refractivity contribution in [2.45, 2.75) is 6.92 Å². The molecule has 2 aromatic carbocycles. The third-order valence-electron chi connectivity index (χ3n) is 4.66. The Kier molecular flexibility index (Phi) is 5.53. The molecule has 11 heteroatoms. The van der Waals surface area contributed by atoms with Gasteiger partial charge in [0.15, 0.2) is 5.65 Å². The minimum Gasteiger partial charge on any atom is -0.437 e. The van der Waals surface area contributed by atoms with E-state index in [0.717, 1.165) is 0 Å². The van der Waals surface area contributed by atoms with Gasteiger partial charge in [-0.25, -0.2) is 4.98 Å². The van der Waals surface area contributed by atoms with Crippen molar-refractivity contribution in [2.24, 2.45) is 5.73 Å². The van der Waals surface area contributed by atoms with E-state index in [9.17, 15) is 4.79 Å². The highest BCUT2D eigenvalue weighted by Gasteiger charge is 2.17. The number of hydrogen-bond acceptors (Lipinski definition) is 7. The van der Waals surface area contributed by atoms with E-state index in [1.807, 2.05) is 0 Å². The number of nitrogen functional groups attached to an aromatic ring is 1. The van der Waals surface area contributed by atoms with Crippen LogP contribution in [-0.4, -0.2) is 50.7 Å². The van der Waals surface area contributed by atoms with Gasteiger partial charge in [0.1, 0.15) is 22.8 Å². The summed E-state index contributed by atoms with van der Waals surface area (Å²) in [6.07, 6.45) is 0. The van der Waals surface area contributed by atoms with Crippen molar-refractivity contribution in [3.8, 4) is 23.4 Å². The van der Waals surface area contributed by atoms with E-state index in [0.29, 0.717) is 45.3 Å². The third-order valence-corrected chi connectivity index (χ3v) is 4.66. The fourth-order valence-electron chi connectivity index (χ4n) is 3.12. The summed E-state index contributed by atoms with van der Waals surface area (Å²) in [5.74, 6) is 1.57. The predicted octanol–water partition coefficient (Wildman–Crippen LogP) is 0.994. The van der Waals surface area contributed by atoms with Gasteiger partial charge in [-0.3, -0.25) is 15.9 Å². The molecule has 0 radical (unpaired) electrons. The maximum atomic E-state index is 12.3. The van der Waals surface area contributed by atoms with Crippen molar-refractivity contribution in [3.05, 3.63) is 59.4 Å². The Morgan fingerprint density at radius 1 is 1.06 bits per heavy atom. The molecule has 1 amide bonds. The zero-order valence-corrected chi connectivity index (χ0v) is 18.3. The van der Waals surface area contributed by atoms with Crippen molar-refractivity contribution in [1.82, 2.24) is 24.8 Å². The van der Waals surface area contributed by atoms with Crippen LogP contribution >= 0.6 is 0 Å². The first-order valence-corrected chi connectivity index (χ1v) is 9.91. The average molecular weight is 447 g/mol. The highest BCUT2D eigenvalue weighted by atomic mass is 16.5. The number of imidazole rings is 1. The molecule has 11 nitrogen and oxygen atoms in total. The molecule has 0 aliphatic heterocycles. The van der Waals surface area contributed by atoms with Crippen LogP contribution < -0.4 is 26.4 Å². The lowest BCUT2D eigenvalue weighted by Gasteiger charge is -2.12. The molecule has 4 aromatic rings. The first-order chi connectivity index (χ1) is 15.7. The van der Waals surface area contributed by atoms with Crippen LogP contribution in [-0.2, 0) is 0 Å². The molecule has 0 spiro atoms. The number of carbonyl (C=O) groups excluding carboxylic acids is 1. The number of nitrogens with two attached hydrogens (primary N) is 3. The number of anilines is 1. The number of amidine groups is 1. The number of fused-ring (bicyclic) bond motifs is 1. The Balaban J connectivity index is 1.69. The quantitative estimate of drug-likeness (QED) is 0.192. The monoisotopic (exact) mass is 447 g/mol. The van der Waals surface area contributed by atoms with Gasteiger partial charge in [-0.05, 0) is 37.3 Å². The molecule has 0 aliphatic rings. The summed E-state index contributed by atoms with van der Waals surface area (Å²) in [4.78, 5) is 29.9. The Morgan fingerprint density at radius 3 is 2.52 bits per heavy atom. The molecule has 0 atom stereocenters. The second-order valence-corrected chi connectivity index (χ2v) is 7.47. The molecule has 0 bridgehead atoms. The number of aromatic nitrogens is 4. The standard InChI is InChI=1S/C22H22N8O3/c1-11-26-17-19(27-11)28-22(33-13-6-4-5-12(9-13)21(31)30(2)3)29-20(17)32-14-7-8-15(18(24)25)16(23)10-14/h4-10H,23H2,1-3H3,(H3,24,25)(H,26,27,28,29)/p+1. The van der Waals surface area contributed by atoms with Gasteiger partial charge in [0.25, 0.3) is 17.6 Å². The number of benzene rings is 2. The van der Waals surface area contributed by atoms with Crippen LogP contribution in [0.2, 0.25) is 0 Å². The van der Waals surface area contributed by atoms with Gasteiger partial charge in [0.2, 0.25) is 0 Å². The molecule has 0 saturated carbocycles. The lowest BCUT2D eigenvalue weighted by atomic mass is 10.1. The second kappa shape index (κ2) is 8.46. The second-order valence-electron chi connectivity index (χ2n) is 7.47. The normalized spacial score (nSPS) is 10.8. The molecule has 0 fully saturated rings. The predicted molar refractivity (Wildman–Crippen MR) is 122 cm³/mol. The van der Waals surface area contributed by atoms with Crippen molar-refractivity contribution in [1.29, 1.82) is 0 Å². The Bertz CT molecular complexity index is 1380. The minimum atomic E-state index is -0.153. The van der Waals surface area contributed by atoms with E-state index in [4.69, 9.17) is 26.4 Å². The van der Waals surface area contributed by atoms with Gasteiger partial charge in [-0.1, -0.05) is 6.07 Å². The van der Waals surface area contributed by atoms with Gasteiger partial charge < -0.3 is 25.1 Å². The van der Waals surface area contributed by atoms with Crippen molar-refractivity contribution in [3.63, 3.8) is 0 Å². The van der Waals surface area contributed by atoms with Gasteiger partial charge >= 0.3 is 6.01 Å². The number of rotatable bonds is 6. The Hall–Kier alpha value is -4.67. The Labute approximate surface area is 188 Å². The number of nitrogens with zero attached hydrogens (tertiary/aromatic N) is 4. The number of nitrogens with one attached hydrogen (secondary N) is 1. The van der Waals surface area contributed by atoms with Crippen molar-refractivity contribution < 1.29 is 19.7 Å². The number of H-pyrrole nitrogens is 1. The van der Waals surface area contributed by atoms with Crippen molar-refractivity contribution in [2.75, 3.05) is 19.8 Å². The lowest BCUT2D eigenvalue weighted by Crippen LogP contribution is -2.46. The highest BCUT2D eigenvalue weighted by Crippen LogP contribution is 2.31. The molecule has 2 aromatic heterocycles. The average Bonchev–Trinajstić information content (AvgIpc) is 3.13. The molecule has 0 saturated heterocycles. The lowest BCUT2D eigenvalue weighted by molar-refractivity contribution is -0.114. The van der Waals surface area contributed by atoms with E-state index in [2.05, 4.69) is 19.9 Å². The summed E-state index contributed by atoms with van der Waals surface area (Å²) in [5, 5.41) is 5.63. The van der Waals surface area contributed by atoms with Crippen LogP contribution in [0.3, 0.4) is 0 Å². The number of aromatic amines is 1. The molecular weight excluding hydrogens is 424 g/mol. The van der Waals surface area contributed by atoms with Crippen LogP contribution in [0.4, 0.5) is 5.69 Å². The van der Waals surface area contributed by atoms with E-state index < -0.39 is 0 Å². The first kappa shape index (κ1) is 21.6. The minimum absolute atomic E-state index is 0.00239. The molecule has 0 unspecified atom stereocenters. The maximum absolute atomic E-state index is 12.3. The summed E-state index contributed by atoms with van der Waals surface area (Å²) in [7, 11) is 3.35. The summed E-state index contributed by atoms with van der Waals surface area (Å²) >= 11 is 0. The highest BCUT2D eigenvalue weighted by molar-refractivity contribution is 5.98. The maximum Gasteiger partial charge on any atom is 0.327 e. The van der Waals surface area contributed by atoms with Gasteiger partial charge in [0.05, 0.1) is 11.3 Å². The zero-order chi connectivity index (χ0) is 23.7. The summed E-state index contributed by atoms with van der Waals surface area (Å²) in [6.45, 7) is 1.79. The number of carbonyl (C=O) groups is 1. The summed E-state index contributed by atoms with van der Waals surface area (Å²) < 4.78 is 11.8. The zero-order valence-electron chi connectivity index (χ0n) is 18.3. The number of aryl methyl sites for hydroxylation is 1. The fraction of sp³-hybridized carbons (Fsp3) is 0.136. The van der Waals surface area contributed by atoms with E-state index >= 15 is 0 Å². The molecule has 33 heavy (non-hydrogen) atoms. The van der Waals surface area contributed by atoms with Gasteiger partial charge in [-0.15, -0.1) is 0 Å². The topological polar surface area (TPSA) is 171 Å². The molecule has 7 N–H and O–H groups in total. The summed E-state index contributed by atoms with van der Waals surface area (Å²) in [5.41, 5.74) is 13.8. The molecular formula is C22H23N8O3+. The van der Waals surface area contributed by atoms with Gasteiger partial charge in [-0.2, -0.15) is 9.97 Å². The number of amides is 1. The Morgan fingerprint density at radius 2 is 1.82 bits per heavy atom. The van der Waals surface area contributed by atoms with Crippen LogP contribution in [0.15, 0.2) is 42.5 Å². The first-order valence-electron chi connectivity index (χ1n) is 9.91. The van der Waals surface area contributed by atoms with E-state index in [1.54, 1.807) is 63.5 Å². The van der Waals surface area contributed by atoms with Crippen LogP contribution in [0.5, 0.6) is 23.4 Å². The van der Waals surface area contributed by atoms with Crippen LogP contribution in [0.1, 0.15) is 21.7 Å². The fourth-order valence-corrected chi connectivity index (χ4v) is 3.12. The number of hydrogen-bond donors (Lipinski definition) is 4. The largest absolute Gasteiger partial charge is 0.437 e.